The summed E-state index contributed by atoms with van der Waals surface area (Å²) in [4.78, 5) is 11.8. The van der Waals surface area contributed by atoms with Gasteiger partial charge < -0.3 is 10.1 Å². The smallest absolute Gasteiger partial charge is 0.211 e. The molecule has 1 aliphatic rings. The second-order valence-electron chi connectivity index (χ2n) is 6.85. The Bertz CT molecular complexity index is 848. The average molecular weight is 357 g/mol. The first-order chi connectivity index (χ1) is 11.9. The van der Waals surface area contributed by atoms with E-state index in [0.29, 0.717) is 18.6 Å². The number of benzene rings is 2. The first-order valence-corrected chi connectivity index (χ1v) is 9.63. The van der Waals surface area contributed by atoms with Crippen LogP contribution in [0.25, 0.3) is 0 Å². The Hall–Kier alpha value is -2.14. The van der Waals surface area contributed by atoms with Crippen molar-refractivity contribution >= 4 is 22.9 Å². The van der Waals surface area contributed by atoms with Crippen LogP contribution >= 0.6 is 0 Å². The number of rotatable bonds is 5. The molecule has 1 aliphatic heterocycles. The van der Waals surface area contributed by atoms with Crippen molar-refractivity contribution in [1.82, 2.24) is 0 Å². The largest absolute Gasteiger partial charge is 0.486 e. The van der Waals surface area contributed by atoms with Crippen molar-refractivity contribution in [2.45, 2.75) is 44.6 Å². The van der Waals surface area contributed by atoms with E-state index in [0.717, 1.165) is 38.6 Å². The van der Waals surface area contributed by atoms with Crippen molar-refractivity contribution in [3.8, 4) is 5.75 Å². The second-order valence-corrected chi connectivity index (χ2v) is 8.30. The van der Waals surface area contributed by atoms with Crippen LogP contribution in [-0.4, -0.2) is 22.0 Å². The molecule has 1 heterocycles. The summed E-state index contributed by atoms with van der Waals surface area (Å²) in [7, 11) is -1.13. The number of anilines is 1. The fourth-order valence-electron chi connectivity index (χ4n) is 3.48. The van der Waals surface area contributed by atoms with E-state index in [9.17, 15) is 9.00 Å². The number of ether oxygens (including phenoxy) is 1. The zero-order chi connectivity index (χ0) is 18.2. The Morgan fingerprint density at radius 1 is 1.16 bits per heavy atom. The number of carbonyl (C=O) groups excluding carboxylic acids is 1. The molecule has 3 rings (SSSR count). The third-order valence-corrected chi connectivity index (χ3v) is 6.60. The van der Waals surface area contributed by atoms with E-state index in [-0.39, 0.29) is 0 Å². The fraction of sp³-hybridized carbons (Fsp3) is 0.350. The molecule has 0 saturated heterocycles. The minimum absolute atomic E-state index is 0.431. The number of carbonyl (C=O) groups is 1. The van der Waals surface area contributed by atoms with E-state index in [4.69, 9.17) is 4.74 Å². The third kappa shape index (κ3) is 3.21. The monoisotopic (exact) mass is 357 g/mol. The molecule has 132 valence electrons. The first-order valence-electron chi connectivity index (χ1n) is 8.31. The molecule has 0 aliphatic carbocycles. The maximum atomic E-state index is 12.7. The average Bonchev–Trinajstić information content (AvgIpc) is 2.95. The normalized spacial score (nSPS) is 19.8. The van der Waals surface area contributed by atoms with Gasteiger partial charge in [0.25, 0.3) is 0 Å². The van der Waals surface area contributed by atoms with Crippen LogP contribution in [0.3, 0.4) is 0 Å². The van der Waals surface area contributed by atoms with Crippen LogP contribution in [0, 0.1) is 20.8 Å². The van der Waals surface area contributed by atoms with Gasteiger partial charge in [-0.2, -0.15) is 0 Å². The van der Waals surface area contributed by atoms with E-state index in [1.54, 1.807) is 0 Å². The van der Waals surface area contributed by atoms with Crippen LogP contribution in [0.15, 0.2) is 35.2 Å². The summed E-state index contributed by atoms with van der Waals surface area (Å²) in [5.74, 6) is 1.30. The Kier molecular flexibility index (Phi) is 4.69. The molecule has 5 heteroatoms. The molecule has 2 unspecified atom stereocenters. The molecule has 2 aromatic rings. The Morgan fingerprint density at radius 2 is 1.84 bits per heavy atom. The lowest BCUT2D eigenvalue weighted by Crippen LogP contribution is -2.36. The SMILES string of the molecule is Cc1c(C)c2c(c(C)c1NC=O)CC(C)(CS(=O)c1ccccc1)O2. The van der Waals surface area contributed by atoms with Crippen molar-refractivity contribution in [2.75, 3.05) is 11.1 Å². The molecule has 0 radical (unpaired) electrons. The lowest BCUT2D eigenvalue weighted by Gasteiger charge is -2.24. The highest BCUT2D eigenvalue weighted by atomic mass is 32.2. The third-order valence-electron chi connectivity index (χ3n) is 4.92. The summed E-state index contributed by atoms with van der Waals surface area (Å²) in [6.45, 7) is 7.99. The molecule has 0 fully saturated rings. The minimum atomic E-state index is -1.13. The summed E-state index contributed by atoms with van der Waals surface area (Å²) in [6, 6.07) is 9.48. The van der Waals surface area contributed by atoms with E-state index >= 15 is 0 Å². The van der Waals surface area contributed by atoms with Gasteiger partial charge in [-0.25, -0.2) is 0 Å². The molecule has 1 N–H and O–H groups in total. The zero-order valence-electron chi connectivity index (χ0n) is 15.0. The van der Waals surface area contributed by atoms with Gasteiger partial charge in [0.05, 0.1) is 16.6 Å². The van der Waals surface area contributed by atoms with E-state index in [1.165, 1.54) is 0 Å². The highest BCUT2D eigenvalue weighted by Gasteiger charge is 2.39. The van der Waals surface area contributed by atoms with Crippen LogP contribution in [0.4, 0.5) is 5.69 Å². The Balaban J connectivity index is 1.92. The maximum Gasteiger partial charge on any atom is 0.211 e. The molecule has 2 atom stereocenters. The molecular formula is C20H23NO3S. The van der Waals surface area contributed by atoms with Gasteiger partial charge in [-0.1, -0.05) is 18.2 Å². The quantitative estimate of drug-likeness (QED) is 0.831. The van der Waals surface area contributed by atoms with Crippen LogP contribution in [-0.2, 0) is 22.0 Å². The van der Waals surface area contributed by atoms with Gasteiger partial charge in [0.1, 0.15) is 11.4 Å². The lowest BCUT2D eigenvalue weighted by molar-refractivity contribution is -0.105. The van der Waals surface area contributed by atoms with Crippen LogP contribution in [0.1, 0.15) is 29.2 Å². The standard InChI is InChI=1S/C20H23NO3S/c1-13-14(2)19-17(15(3)18(13)21-12-22)10-20(4,24-19)11-25(23)16-8-6-5-7-9-16/h5-9,12H,10-11H2,1-4H3,(H,21,22). The van der Waals surface area contributed by atoms with E-state index in [2.05, 4.69) is 5.32 Å². The molecule has 0 saturated carbocycles. The van der Waals surface area contributed by atoms with Gasteiger partial charge in [-0.3, -0.25) is 9.00 Å². The molecule has 0 bridgehead atoms. The number of hydrogen-bond donors (Lipinski definition) is 1. The van der Waals surface area contributed by atoms with Gasteiger partial charge in [0.15, 0.2) is 0 Å². The van der Waals surface area contributed by atoms with Crippen LogP contribution < -0.4 is 10.1 Å². The summed E-state index contributed by atoms with van der Waals surface area (Å²) in [6.07, 6.45) is 1.39. The summed E-state index contributed by atoms with van der Waals surface area (Å²) in [5.41, 5.74) is 4.49. The number of hydrogen-bond acceptors (Lipinski definition) is 3. The highest BCUT2D eigenvalue weighted by Crippen LogP contribution is 2.44. The molecule has 0 aromatic heterocycles. The summed E-state index contributed by atoms with van der Waals surface area (Å²) < 4.78 is 19.0. The topological polar surface area (TPSA) is 55.4 Å². The van der Waals surface area contributed by atoms with Gasteiger partial charge in [-0.05, 0) is 56.5 Å². The van der Waals surface area contributed by atoms with E-state index in [1.807, 2.05) is 58.0 Å². The van der Waals surface area contributed by atoms with Crippen LogP contribution in [0.5, 0.6) is 5.75 Å². The van der Waals surface area contributed by atoms with Crippen molar-refractivity contribution in [3.05, 3.63) is 52.6 Å². The van der Waals surface area contributed by atoms with Gasteiger partial charge in [0, 0.05) is 22.6 Å². The van der Waals surface area contributed by atoms with Gasteiger partial charge >= 0.3 is 0 Å². The predicted octanol–water partition coefficient (Wildman–Crippen LogP) is 3.68. The van der Waals surface area contributed by atoms with Gasteiger partial charge in [0.2, 0.25) is 6.41 Å². The van der Waals surface area contributed by atoms with Crippen LogP contribution in [0.2, 0.25) is 0 Å². The molecule has 0 spiro atoms. The predicted molar refractivity (Wildman–Crippen MR) is 101 cm³/mol. The molecule has 2 aromatic carbocycles. The Morgan fingerprint density at radius 3 is 2.48 bits per heavy atom. The highest BCUT2D eigenvalue weighted by molar-refractivity contribution is 7.85. The first kappa shape index (κ1) is 17.7. The number of amides is 1. The van der Waals surface area contributed by atoms with Crippen molar-refractivity contribution in [3.63, 3.8) is 0 Å². The number of fused-ring (bicyclic) bond motifs is 1. The van der Waals surface area contributed by atoms with E-state index < -0.39 is 16.4 Å². The second kappa shape index (κ2) is 6.64. The van der Waals surface area contributed by atoms with Crippen molar-refractivity contribution in [2.24, 2.45) is 0 Å². The molecule has 4 nitrogen and oxygen atoms in total. The fourth-order valence-corrected chi connectivity index (χ4v) is 4.83. The van der Waals surface area contributed by atoms with Gasteiger partial charge in [-0.15, -0.1) is 0 Å². The number of nitrogens with one attached hydrogen (secondary N) is 1. The summed E-state index contributed by atoms with van der Waals surface area (Å²) >= 11 is 0. The lowest BCUT2D eigenvalue weighted by atomic mass is 9.92. The van der Waals surface area contributed by atoms with Crippen molar-refractivity contribution in [1.29, 1.82) is 0 Å². The maximum absolute atomic E-state index is 12.7. The Labute approximate surface area is 151 Å². The molecule has 1 amide bonds. The van der Waals surface area contributed by atoms with Crippen molar-refractivity contribution < 1.29 is 13.7 Å². The minimum Gasteiger partial charge on any atom is -0.486 e. The molecular weight excluding hydrogens is 334 g/mol. The molecule has 25 heavy (non-hydrogen) atoms. The zero-order valence-corrected chi connectivity index (χ0v) is 15.8. The summed E-state index contributed by atoms with van der Waals surface area (Å²) in [5, 5.41) is 2.81.